The van der Waals surface area contributed by atoms with Crippen molar-refractivity contribution in [2.45, 2.75) is 39.0 Å². The second-order valence-corrected chi connectivity index (χ2v) is 7.93. The molecule has 3 aromatic heterocycles. The lowest BCUT2D eigenvalue weighted by molar-refractivity contribution is -0.118. The van der Waals surface area contributed by atoms with E-state index in [0.29, 0.717) is 29.8 Å². The number of para-hydroxylation sites is 1. The molecule has 1 N–H and O–H groups in total. The van der Waals surface area contributed by atoms with Gasteiger partial charge in [0.1, 0.15) is 0 Å². The van der Waals surface area contributed by atoms with E-state index in [4.69, 9.17) is 4.42 Å². The number of aromatic nitrogens is 5. The number of hydrogen-bond acceptors (Lipinski definition) is 6. The number of carbonyl (C=O) groups is 1. The molecular weight excluding hydrogens is 412 g/mol. The molecule has 160 valence electrons. The summed E-state index contributed by atoms with van der Waals surface area (Å²) in [6.07, 6.45) is 1.61. The Hall–Kier alpha value is -3.33. The molecule has 0 atom stereocenters. The zero-order chi connectivity index (χ0) is 21.8. The molecule has 1 amide bonds. The molecule has 8 nitrogen and oxygen atoms in total. The summed E-state index contributed by atoms with van der Waals surface area (Å²) in [7, 11) is 0. The molecule has 0 aliphatic heterocycles. The first-order valence-corrected chi connectivity index (χ1v) is 11.0. The van der Waals surface area contributed by atoms with Crippen molar-refractivity contribution in [3.8, 4) is 17.3 Å². The van der Waals surface area contributed by atoms with Gasteiger partial charge in [0.25, 0.3) is 0 Å². The number of rotatable bonds is 8. The van der Waals surface area contributed by atoms with Crippen molar-refractivity contribution in [2.24, 2.45) is 0 Å². The molecule has 0 radical (unpaired) electrons. The Morgan fingerprint density at radius 3 is 2.65 bits per heavy atom. The molecule has 3 heterocycles. The minimum atomic E-state index is -0.0681. The van der Waals surface area contributed by atoms with E-state index in [-0.39, 0.29) is 11.7 Å². The van der Waals surface area contributed by atoms with Crippen LogP contribution in [0.2, 0.25) is 0 Å². The highest BCUT2D eigenvalue weighted by molar-refractivity contribution is 7.99. The second kappa shape index (κ2) is 9.22. The molecule has 0 fully saturated rings. The summed E-state index contributed by atoms with van der Waals surface area (Å²) in [5.41, 5.74) is 3.95. The van der Waals surface area contributed by atoms with Crippen LogP contribution >= 0.6 is 11.8 Å². The molecule has 0 bridgehead atoms. The van der Waals surface area contributed by atoms with Crippen molar-refractivity contribution in [2.75, 3.05) is 5.75 Å². The molecule has 1 aromatic carbocycles. The number of benzene rings is 1. The van der Waals surface area contributed by atoms with Crippen molar-refractivity contribution in [1.82, 2.24) is 29.9 Å². The van der Waals surface area contributed by atoms with Gasteiger partial charge in [-0.3, -0.25) is 9.36 Å². The topological polar surface area (TPSA) is 90.8 Å². The van der Waals surface area contributed by atoms with Gasteiger partial charge in [0.2, 0.25) is 5.91 Å². The van der Waals surface area contributed by atoms with Crippen molar-refractivity contribution in [1.29, 1.82) is 0 Å². The van der Waals surface area contributed by atoms with Crippen LogP contribution < -0.4 is 5.32 Å². The number of amides is 1. The first-order valence-electron chi connectivity index (χ1n) is 10.1. The standard InChI is InChI=1S/C22H24N6O2S/c1-4-27-21(19-11-8-12-30-19)24-25-22(27)31-14-20(29)23-13-18-15(2)26-28(16(18)3)17-9-6-5-7-10-17/h5-12H,4,13-14H2,1-3H3,(H,23,29). The van der Waals surface area contributed by atoms with Crippen LogP contribution in [0.15, 0.2) is 58.3 Å². The van der Waals surface area contributed by atoms with Gasteiger partial charge < -0.3 is 9.73 Å². The van der Waals surface area contributed by atoms with Crippen LogP contribution in [0.5, 0.6) is 0 Å². The van der Waals surface area contributed by atoms with E-state index in [1.54, 1.807) is 6.26 Å². The Morgan fingerprint density at radius 2 is 1.94 bits per heavy atom. The Kier molecular flexibility index (Phi) is 6.22. The lowest BCUT2D eigenvalue weighted by atomic mass is 10.2. The maximum atomic E-state index is 12.5. The van der Waals surface area contributed by atoms with E-state index in [0.717, 1.165) is 22.6 Å². The highest BCUT2D eigenvalue weighted by atomic mass is 32.2. The Balaban J connectivity index is 1.38. The molecule has 31 heavy (non-hydrogen) atoms. The van der Waals surface area contributed by atoms with E-state index < -0.39 is 0 Å². The molecular formula is C22H24N6O2S. The van der Waals surface area contributed by atoms with Crippen molar-refractivity contribution in [3.63, 3.8) is 0 Å². The van der Waals surface area contributed by atoms with E-state index in [2.05, 4.69) is 20.6 Å². The zero-order valence-corrected chi connectivity index (χ0v) is 18.5. The summed E-state index contributed by atoms with van der Waals surface area (Å²) in [4.78, 5) is 12.5. The number of hydrogen-bond donors (Lipinski definition) is 1. The van der Waals surface area contributed by atoms with E-state index in [9.17, 15) is 4.79 Å². The normalized spacial score (nSPS) is 11.1. The average Bonchev–Trinajstić information content (AvgIpc) is 3.51. The van der Waals surface area contributed by atoms with Crippen LogP contribution in [0, 0.1) is 13.8 Å². The van der Waals surface area contributed by atoms with Crippen LogP contribution in [-0.4, -0.2) is 36.2 Å². The molecule has 4 aromatic rings. The van der Waals surface area contributed by atoms with Gasteiger partial charge in [0, 0.05) is 24.3 Å². The zero-order valence-electron chi connectivity index (χ0n) is 17.7. The monoisotopic (exact) mass is 436 g/mol. The van der Waals surface area contributed by atoms with Gasteiger partial charge in [-0.25, -0.2) is 4.68 Å². The number of carbonyl (C=O) groups excluding carboxylic acids is 1. The fourth-order valence-electron chi connectivity index (χ4n) is 3.39. The quantitative estimate of drug-likeness (QED) is 0.423. The summed E-state index contributed by atoms with van der Waals surface area (Å²) in [6.45, 7) is 7.10. The first-order chi connectivity index (χ1) is 15.1. The van der Waals surface area contributed by atoms with Crippen LogP contribution in [0.1, 0.15) is 23.9 Å². The highest BCUT2D eigenvalue weighted by Gasteiger charge is 2.17. The molecule has 9 heteroatoms. The van der Waals surface area contributed by atoms with E-state index in [1.807, 2.05) is 72.5 Å². The third-order valence-corrected chi connectivity index (χ3v) is 5.98. The first kappa shape index (κ1) is 20.9. The largest absolute Gasteiger partial charge is 0.461 e. The smallest absolute Gasteiger partial charge is 0.230 e. The third-order valence-electron chi connectivity index (χ3n) is 5.01. The van der Waals surface area contributed by atoms with Gasteiger partial charge >= 0.3 is 0 Å². The number of aryl methyl sites for hydroxylation is 1. The minimum absolute atomic E-state index is 0.0681. The summed E-state index contributed by atoms with van der Waals surface area (Å²) >= 11 is 1.36. The van der Waals surface area contributed by atoms with Gasteiger partial charge in [0.05, 0.1) is 23.4 Å². The molecule has 0 spiro atoms. The van der Waals surface area contributed by atoms with Gasteiger partial charge in [-0.05, 0) is 45.0 Å². The minimum Gasteiger partial charge on any atom is -0.461 e. The van der Waals surface area contributed by atoms with Gasteiger partial charge in [-0.2, -0.15) is 5.10 Å². The van der Waals surface area contributed by atoms with Crippen molar-refractivity contribution >= 4 is 17.7 Å². The highest BCUT2D eigenvalue weighted by Crippen LogP contribution is 2.24. The summed E-state index contributed by atoms with van der Waals surface area (Å²) in [5.74, 6) is 1.50. The lowest BCUT2D eigenvalue weighted by Crippen LogP contribution is -2.25. The fourth-order valence-corrected chi connectivity index (χ4v) is 4.22. The van der Waals surface area contributed by atoms with Gasteiger partial charge in [-0.1, -0.05) is 30.0 Å². The van der Waals surface area contributed by atoms with E-state index in [1.165, 1.54) is 11.8 Å². The maximum Gasteiger partial charge on any atom is 0.230 e. The van der Waals surface area contributed by atoms with Gasteiger partial charge in [-0.15, -0.1) is 10.2 Å². The van der Waals surface area contributed by atoms with Gasteiger partial charge in [0.15, 0.2) is 16.7 Å². The molecule has 4 rings (SSSR count). The van der Waals surface area contributed by atoms with Crippen LogP contribution in [-0.2, 0) is 17.9 Å². The van der Waals surface area contributed by atoms with Crippen LogP contribution in [0.4, 0.5) is 0 Å². The second-order valence-electron chi connectivity index (χ2n) is 6.99. The Morgan fingerprint density at radius 1 is 1.13 bits per heavy atom. The number of thioether (sulfide) groups is 1. The summed E-state index contributed by atoms with van der Waals surface area (Å²) in [6, 6.07) is 13.6. The maximum absolute atomic E-state index is 12.5. The fraction of sp³-hybridized carbons (Fsp3) is 0.273. The number of nitrogens with one attached hydrogen (secondary N) is 1. The molecule has 0 saturated carbocycles. The summed E-state index contributed by atoms with van der Waals surface area (Å²) < 4.78 is 9.27. The summed E-state index contributed by atoms with van der Waals surface area (Å²) in [5, 5.41) is 16.8. The molecule has 0 saturated heterocycles. The molecule has 0 aliphatic rings. The van der Waals surface area contributed by atoms with Crippen molar-refractivity contribution < 1.29 is 9.21 Å². The predicted octanol–water partition coefficient (Wildman–Crippen LogP) is 3.77. The number of nitrogens with zero attached hydrogens (tertiary/aromatic N) is 5. The Labute approximate surface area is 184 Å². The Bertz CT molecular complexity index is 1160. The SMILES string of the molecule is CCn1c(SCC(=O)NCc2c(C)nn(-c3ccccc3)c2C)nnc1-c1ccco1. The van der Waals surface area contributed by atoms with Crippen molar-refractivity contribution in [3.05, 3.63) is 65.7 Å². The lowest BCUT2D eigenvalue weighted by Gasteiger charge is -2.08. The van der Waals surface area contributed by atoms with Crippen LogP contribution in [0.25, 0.3) is 17.3 Å². The van der Waals surface area contributed by atoms with E-state index >= 15 is 0 Å². The average molecular weight is 437 g/mol. The molecule has 0 aliphatic carbocycles. The van der Waals surface area contributed by atoms with Crippen LogP contribution in [0.3, 0.4) is 0 Å². The third kappa shape index (κ3) is 4.41. The predicted molar refractivity (Wildman–Crippen MR) is 119 cm³/mol. The molecule has 0 unspecified atom stereocenters. The number of furan rings is 1.